The normalized spacial score (nSPS) is 18.9. The fourth-order valence-electron chi connectivity index (χ4n) is 5.15. The minimum Gasteiger partial charge on any atom is -0.365 e. The summed E-state index contributed by atoms with van der Waals surface area (Å²) in [5, 5.41) is 15.3. The molecule has 0 spiro atoms. The number of fused-ring (bicyclic) bond motifs is 2. The van der Waals surface area contributed by atoms with Gasteiger partial charge in [0.1, 0.15) is 5.00 Å². The summed E-state index contributed by atoms with van der Waals surface area (Å²) in [5.41, 5.74) is 9.73. The molecule has 0 aromatic carbocycles. The summed E-state index contributed by atoms with van der Waals surface area (Å²) in [7, 11) is 0. The van der Waals surface area contributed by atoms with Crippen molar-refractivity contribution in [2.45, 2.75) is 64.1 Å². The number of thioether (sulfide) groups is 1. The number of thiophene rings is 2. The molecule has 3 aromatic heterocycles. The highest BCUT2D eigenvalue weighted by Crippen LogP contribution is 2.40. The number of hydrogen-bond acceptors (Lipinski definition) is 7. The molecule has 3 N–H and O–H groups in total. The Bertz CT molecular complexity index is 1320. The molecule has 2 aliphatic rings. The van der Waals surface area contributed by atoms with Crippen LogP contribution in [0.3, 0.4) is 0 Å². The molecule has 3 heterocycles. The third-order valence-electron chi connectivity index (χ3n) is 7.01. The lowest BCUT2D eigenvalue weighted by molar-refractivity contribution is -0.113. The number of nitrogens with one attached hydrogen (secondary N) is 1. The van der Waals surface area contributed by atoms with E-state index in [1.807, 2.05) is 10.6 Å². The first-order valence-corrected chi connectivity index (χ1v) is 15.0. The van der Waals surface area contributed by atoms with Crippen molar-refractivity contribution in [3.05, 3.63) is 44.5 Å². The fraction of sp³-hybridized carbons (Fsp3) is 0.462. The summed E-state index contributed by atoms with van der Waals surface area (Å²) in [6, 6.07) is 0. The van der Waals surface area contributed by atoms with Crippen molar-refractivity contribution in [2.24, 2.45) is 17.6 Å². The molecule has 0 bridgehead atoms. The van der Waals surface area contributed by atoms with Crippen LogP contribution in [0.1, 0.15) is 57.9 Å². The molecule has 2 unspecified atom stereocenters. The monoisotopic (exact) mass is 541 g/mol. The Morgan fingerprint density at radius 3 is 2.64 bits per heavy atom. The van der Waals surface area contributed by atoms with Gasteiger partial charge in [-0.3, -0.25) is 14.2 Å². The lowest BCUT2D eigenvalue weighted by Gasteiger charge is -2.19. The van der Waals surface area contributed by atoms with Crippen molar-refractivity contribution in [1.82, 2.24) is 14.8 Å². The number of primary amides is 1. The second-order valence-electron chi connectivity index (χ2n) is 9.86. The van der Waals surface area contributed by atoms with E-state index in [1.165, 1.54) is 40.0 Å². The first kappa shape index (κ1) is 25.2. The largest absolute Gasteiger partial charge is 0.365 e. The van der Waals surface area contributed by atoms with Gasteiger partial charge >= 0.3 is 0 Å². The van der Waals surface area contributed by atoms with Crippen LogP contribution in [0.5, 0.6) is 0 Å². The number of carbonyl (C=O) groups excluding carboxylic acids is 2. The maximum absolute atomic E-state index is 12.9. The Morgan fingerprint density at radius 2 is 1.92 bits per heavy atom. The van der Waals surface area contributed by atoms with E-state index in [0.717, 1.165) is 53.9 Å². The summed E-state index contributed by atoms with van der Waals surface area (Å²) >= 11 is 4.63. The van der Waals surface area contributed by atoms with Crippen molar-refractivity contribution in [1.29, 1.82) is 0 Å². The molecular formula is C26H31N5O2S3. The zero-order valence-corrected chi connectivity index (χ0v) is 23.1. The Morgan fingerprint density at radius 1 is 1.19 bits per heavy atom. The summed E-state index contributed by atoms with van der Waals surface area (Å²) in [6.07, 6.45) is 7.97. The highest BCUT2D eigenvalue weighted by atomic mass is 32.2. The van der Waals surface area contributed by atoms with Crippen LogP contribution in [-0.4, -0.2) is 32.3 Å². The number of allylic oxidation sites excluding steroid dienone is 1. The number of aromatic nitrogens is 3. The summed E-state index contributed by atoms with van der Waals surface area (Å²) < 4.78 is 2.03. The van der Waals surface area contributed by atoms with Gasteiger partial charge < -0.3 is 11.1 Å². The van der Waals surface area contributed by atoms with Gasteiger partial charge in [0.15, 0.2) is 11.0 Å². The fourth-order valence-corrected chi connectivity index (χ4v) is 8.57. The molecule has 0 fully saturated rings. The Hall–Kier alpha value is -2.43. The van der Waals surface area contributed by atoms with E-state index in [4.69, 9.17) is 5.73 Å². The van der Waals surface area contributed by atoms with Gasteiger partial charge in [0, 0.05) is 27.2 Å². The van der Waals surface area contributed by atoms with E-state index in [9.17, 15) is 9.59 Å². The number of carbonyl (C=O) groups is 2. The molecule has 0 saturated carbocycles. The number of hydrogen-bond donors (Lipinski definition) is 2. The van der Waals surface area contributed by atoms with Crippen molar-refractivity contribution >= 4 is 51.3 Å². The minimum atomic E-state index is -0.478. The van der Waals surface area contributed by atoms with Crippen molar-refractivity contribution in [2.75, 3.05) is 11.1 Å². The second-order valence-corrected chi connectivity index (χ2v) is 12.9. The van der Waals surface area contributed by atoms with Crippen LogP contribution in [0.2, 0.25) is 0 Å². The molecule has 0 aliphatic heterocycles. The van der Waals surface area contributed by atoms with E-state index < -0.39 is 5.91 Å². The van der Waals surface area contributed by atoms with Crippen LogP contribution in [0.25, 0.3) is 11.4 Å². The van der Waals surface area contributed by atoms with E-state index in [0.29, 0.717) is 34.1 Å². The Balaban J connectivity index is 1.32. The number of nitrogens with two attached hydrogens (primary N) is 1. The third-order valence-corrected chi connectivity index (χ3v) is 10.2. The van der Waals surface area contributed by atoms with Crippen LogP contribution in [0.4, 0.5) is 5.00 Å². The molecule has 0 radical (unpaired) electrons. The highest BCUT2D eigenvalue weighted by Gasteiger charge is 2.28. The number of anilines is 1. The molecule has 5 rings (SSSR count). The predicted molar refractivity (Wildman–Crippen MR) is 148 cm³/mol. The van der Waals surface area contributed by atoms with Crippen molar-refractivity contribution in [3.8, 4) is 11.4 Å². The lowest BCUT2D eigenvalue weighted by atomic mass is 9.88. The average molecular weight is 542 g/mol. The van der Waals surface area contributed by atoms with Crippen LogP contribution < -0.4 is 11.1 Å². The van der Waals surface area contributed by atoms with Gasteiger partial charge in [-0.25, -0.2) is 0 Å². The molecule has 36 heavy (non-hydrogen) atoms. The number of rotatable bonds is 8. The molecule has 2 atom stereocenters. The summed E-state index contributed by atoms with van der Waals surface area (Å²) in [5.74, 6) is 1.61. The van der Waals surface area contributed by atoms with E-state index >= 15 is 0 Å². The molecule has 2 amide bonds. The van der Waals surface area contributed by atoms with Gasteiger partial charge in [-0.2, -0.15) is 0 Å². The molecular weight excluding hydrogens is 511 g/mol. The lowest BCUT2D eigenvalue weighted by Crippen LogP contribution is -2.20. The SMILES string of the molecule is C=CCn1c(SCC(=O)Nc2sc3c(c2C(N)=O)CCC(C)C3)nnc1-c1csc2c1CCC(C)C2. The van der Waals surface area contributed by atoms with Gasteiger partial charge in [0.25, 0.3) is 5.91 Å². The van der Waals surface area contributed by atoms with Crippen LogP contribution in [0, 0.1) is 11.8 Å². The highest BCUT2D eigenvalue weighted by molar-refractivity contribution is 7.99. The molecule has 10 heteroatoms. The third kappa shape index (κ3) is 4.90. The van der Waals surface area contributed by atoms with Crippen LogP contribution >= 0.6 is 34.4 Å². The molecule has 0 saturated heterocycles. The van der Waals surface area contributed by atoms with E-state index in [-0.39, 0.29) is 11.7 Å². The van der Waals surface area contributed by atoms with Crippen molar-refractivity contribution in [3.63, 3.8) is 0 Å². The van der Waals surface area contributed by atoms with Gasteiger partial charge in [0.2, 0.25) is 5.91 Å². The van der Waals surface area contributed by atoms with Crippen LogP contribution in [-0.2, 0) is 37.0 Å². The van der Waals surface area contributed by atoms with Gasteiger partial charge in [0.05, 0.1) is 11.3 Å². The quantitative estimate of drug-likeness (QED) is 0.296. The first-order chi connectivity index (χ1) is 17.4. The number of amides is 2. The second kappa shape index (κ2) is 10.5. The Kier molecular flexibility index (Phi) is 7.37. The summed E-state index contributed by atoms with van der Waals surface area (Å²) in [4.78, 5) is 27.7. The smallest absolute Gasteiger partial charge is 0.251 e. The topological polar surface area (TPSA) is 103 Å². The maximum Gasteiger partial charge on any atom is 0.251 e. The minimum absolute atomic E-state index is 0.158. The first-order valence-electron chi connectivity index (χ1n) is 12.4. The maximum atomic E-state index is 12.9. The van der Waals surface area contributed by atoms with E-state index in [2.05, 4.69) is 41.3 Å². The molecule has 7 nitrogen and oxygen atoms in total. The van der Waals surface area contributed by atoms with Gasteiger partial charge in [-0.1, -0.05) is 31.7 Å². The molecule has 2 aliphatic carbocycles. The van der Waals surface area contributed by atoms with Crippen LogP contribution in [0.15, 0.2) is 23.2 Å². The molecule has 3 aromatic rings. The van der Waals surface area contributed by atoms with Gasteiger partial charge in [-0.15, -0.1) is 39.4 Å². The van der Waals surface area contributed by atoms with Gasteiger partial charge in [-0.05, 0) is 61.5 Å². The molecule has 190 valence electrons. The predicted octanol–water partition coefficient (Wildman–Crippen LogP) is 5.33. The standard InChI is InChI=1S/C26H31N5O2S3/c1-4-9-31-24(18-12-34-19-10-14(2)5-7-16(18)19)29-30-26(31)35-13-21(32)28-25-22(23(27)33)17-8-6-15(3)11-20(17)36-25/h4,12,14-15H,1,5-11,13H2,2-3H3,(H2,27,33)(H,28,32). The number of nitrogens with zero attached hydrogens (tertiary/aromatic N) is 3. The zero-order valence-electron chi connectivity index (χ0n) is 20.6. The Labute approximate surface area is 223 Å². The summed E-state index contributed by atoms with van der Waals surface area (Å²) in [6.45, 7) is 8.99. The van der Waals surface area contributed by atoms with E-state index in [1.54, 1.807) is 11.3 Å². The zero-order chi connectivity index (χ0) is 25.4. The van der Waals surface area contributed by atoms with Crippen molar-refractivity contribution < 1.29 is 9.59 Å². The average Bonchev–Trinajstić information content (AvgIpc) is 3.52.